The third kappa shape index (κ3) is 3.59. The number of aliphatic hydroxyl groups excluding tert-OH is 1. The lowest BCUT2D eigenvalue weighted by atomic mass is 10.2. The highest BCUT2D eigenvalue weighted by Crippen LogP contribution is 2.24. The van der Waals surface area contributed by atoms with E-state index in [1.54, 1.807) is 30.3 Å². The Morgan fingerprint density at radius 2 is 1.70 bits per heavy atom. The summed E-state index contributed by atoms with van der Waals surface area (Å²) >= 11 is 3.30. The fourth-order valence-corrected chi connectivity index (χ4v) is 3.31. The van der Waals surface area contributed by atoms with Crippen LogP contribution in [0.15, 0.2) is 57.9 Å². The van der Waals surface area contributed by atoms with Gasteiger partial charge in [-0.25, -0.2) is 8.42 Å². The molecule has 20 heavy (non-hydrogen) atoms. The average Bonchev–Trinajstić information content (AvgIpc) is 2.42. The highest BCUT2D eigenvalue weighted by atomic mass is 79.9. The average molecular weight is 356 g/mol. The van der Waals surface area contributed by atoms with Gasteiger partial charge in [0.15, 0.2) is 0 Å². The van der Waals surface area contributed by atoms with Crippen LogP contribution in [0, 0.1) is 0 Å². The van der Waals surface area contributed by atoms with E-state index < -0.39 is 10.0 Å². The van der Waals surface area contributed by atoms with E-state index in [1.807, 2.05) is 6.07 Å². The van der Waals surface area contributed by atoms with Gasteiger partial charge in [0.2, 0.25) is 0 Å². The summed E-state index contributed by atoms with van der Waals surface area (Å²) in [5, 5.41) is 8.84. The maximum atomic E-state index is 12.2. The second-order valence-corrected chi connectivity index (χ2v) is 6.74. The standard InChI is InChI=1S/C14H14BrNO3S/c15-13-3-1-2-4-14(13)16-20(18,19)12-7-5-11(6-8-12)9-10-17/h1-8,16-17H,9-10H2. The maximum absolute atomic E-state index is 12.2. The number of hydrogen-bond donors (Lipinski definition) is 2. The van der Waals surface area contributed by atoms with Crippen molar-refractivity contribution < 1.29 is 13.5 Å². The predicted octanol–water partition coefficient (Wildman–Crippen LogP) is 2.78. The number of para-hydroxylation sites is 1. The van der Waals surface area contributed by atoms with Crippen LogP contribution >= 0.6 is 15.9 Å². The summed E-state index contributed by atoms with van der Waals surface area (Å²) in [4.78, 5) is 0.190. The van der Waals surface area contributed by atoms with E-state index in [1.165, 1.54) is 12.1 Å². The van der Waals surface area contributed by atoms with Crippen molar-refractivity contribution in [2.24, 2.45) is 0 Å². The molecule has 0 saturated carbocycles. The number of sulfonamides is 1. The van der Waals surface area contributed by atoms with Crippen molar-refractivity contribution in [3.05, 3.63) is 58.6 Å². The van der Waals surface area contributed by atoms with Crippen molar-refractivity contribution in [1.29, 1.82) is 0 Å². The molecule has 0 spiro atoms. The first-order chi connectivity index (χ1) is 9.53. The van der Waals surface area contributed by atoms with E-state index in [2.05, 4.69) is 20.7 Å². The molecule has 0 aliphatic carbocycles. The normalized spacial score (nSPS) is 11.3. The van der Waals surface area contributed by atoms with E-state index in [-0.39, 0.29) is 11.5 Å². The van der Waals surface area contributed by atoms with Crippen molar-refractivity contribution in [1.82, 2.24) is 0 Å². The molecule has 2 aromatic carbocycles. The largest absolute Gasteiger partial charge is 0.396 e. The third-order valence-corrected chi connectivity index (χ3v) is 4.83. The summed E-state index contributed by atoms with van der Waals surface area (Å²) < 4.78 is 27.7. The van der Waals surface area contributed by atoms with Crippen LogP contribution in [0.3, 0.4) is 0 Å². The van der Waals surface area contributed by atoms with Gasteiger partial charge in [-0.05, 0) is 52.2 Å². The Morgan fingerprint density at radius 1 is 1.05 bits per heavy atom. The lowest BCUT2D eigenvalue weighted by Crippen LogP contribution is -2.13. The molecule has 2 aromatic rings. The van der Waals surface area contributed by atoms with Crippen LogP contribution in [0.25, 0.3) is 0 Å². The topological polar surface area (TPSA) is 66.4 Å². The van der Waals surface area contributed by atoms with Crippen LogP contribution in [-0.4, -0.2) is 20.1 Å². The van der Waals surface area contributed by atoms with E-state index >= 15 is 0 Å². The van der Waals surface area contributed by atoms with Crippen LogP contribution in [0.5, 0.6) is 0 Å². The zero-order valence-electron chi connectivity index (χ0n) is 10.6. The molecular weight excluding hydrogens is 342 g/mol. The summed E-state index contributed by atoms with van der Waals surface area (Å²) in [5.41, 5.74) is 1.39. The van der Waals surface area contributed by atoms with Crippen LogP contribution in [0.2, 0.25) is 0 Å². The molecule has 0 amide bonds. The van der Waals surface area contributed by atoms with Gasteiger partial charge in [-0.2, -0.15) is 0 Å². The fourth-order valence-electron chi connectivity index (χ4n) is 1.71. The highest BCUT2D eigenvalue weighted by Gasteiger charge is 2.15. The molecule has 2 N–H and O–H groups in total. The van der Waals surface area contributed by atoms with Crippen molar-refractivity contribution in [3.8, 4) is 0 Å². The van der Waals surface area contributed by atoms with Gasteiger partial charge in [0.05, 0.1) is 10.6 Å². The summed E-state index contributed by atoms with van der Waals surface area (Å²) in [6.45, 7) is 0.0430. The molecule has 0 aliphatic rings. The van der Waals surface area contributed by atoms with E-state index in [0.29, 0.717) is 16.6 Å². The van der Waals surface area contributed by atoms with E-state index in [9.17, 15) is 8.42 Å². The summed E-state index contributed by atoms with van der Waals surface area (Å²) in [6, 6.07) is 13.5. The van der Waals surface area contributed by atoms with Gasteiger partial charge in [-0.15, -0.1) is 0 Å². The lowest BCUT2D eigenvalue weighted by molar-refractivity contribution is 0.299. The molecule has 0 aliphatic heterocycles. The molecule has 0 unspecified atom stereocenters. The van der Waals surface area contributed by atoms with Gasteiger partial charge in [0.1, 0.15) is 0 Å². The number of nitrogens with one attached hydrogen (secondary N) is 1. The maximum Gasteiger partial charge on any atom is 0.261 e. The SMILES string of the molecule is O=S(=O)(Nc1ccccc1Br)c1ccc(CCO)cc1. The van der Waals surface area contributed by atoms with Crippen molar-refractivity contribution >= 4 is 31.6 Å². The fraction of sp³-hybridized carbons (Fsp3) is 0.143. The van der Waals surface area contributed by atoms with Crippen molar-refractivity contribution in [3.63, 3.8) is 0 Å². The smallest absolute Gasteiger partial charge is 0.261 e. The number of aliphatic hydroxyl groups is 1. The van der Waals surface area contributed by atoms with E-state index in [0.717, 1.165) is 5.56 Å². The molecule has 0 aromatic heterocycles. The van der Waals surface area contributed by atoms with Crippen molar-refractivity contribution in [2.45, 2.75) is 11.3 Å². The third-order valence-electron chi connectivity index (χ3n) is 2.75. The zero-order chi connectivity index (χ0) is 14.6. The predicted molar refractivity (Wildman–Crippen MR) is 82.2 cm³/mol. The quantitative estimate of drug-likeness (QED) is 0.866. The molecule has 106 valence electrons. The molecule has 2 rings (SSSR count). The van der Waals surface area contributed by atoms with Gasteiger partial charge in [0, 0.05) is 11.1 Å². The van der Waals surface area contributed by atoms with Gasteiger partial charge < -0.3 is 5.11 Å². The first-order valence-electron chi connectivity index (χ1n) is 6.00. The minimum absolute atomic E-state index is 0.0430. The van der Waals surface area contributed by atoms with Crippen LogP contribution in [-0.2, 0) is 16.4 Å². The van der Waals surface area contributed by atoms with Crippen molar-refractivity contribution in [2.75, 3.05) is 11.3 Å². The molecule has 0 heterocycles. The minimum Gasteiger partial charge on any atom is -0.396 e. The Morgan fingerprint density at radius 3 is 2.30 bits per heavy atom. The Labute approximate surface area is 126 Å². The molecule has 0 fully saturated rings. The Bertz CT molecular complexity index is 684. The Balaban J connectivity index is 2.24. The first kappa shape index (κ1) is 15.0. The molecule has 6 heteroatoms. The molecule has 0 bridgehead atoms. The number of halogens is 1. The summed E-state index contributed by atoms with van der Waals surface area (Å²) in [5.74, 6) is 0. The number of anilines is 1. The zero-order valence-corrected chi connectivity index (χ0v) is 13.0. The monoisotopic (exact) mass is 355 g/mol. The molecule has 0 saturated heterocycles. The van der Waals surface area contributed by atoms with Crippen LogP contribution < -0.4 is 4.72 Å². The lowest BCUT2D eigenvalue weighted by Gasteiger charge is -2.10. The van der Waals surface area contributed by atoms with Gasteiger partial charge >= 0.3 is 0 Å². The molecule has 0 atom stereocenters. The second-order valence-electron chi connectivity index (χ2n) is 4.20. The molecule has 0 radical (unpaired) electrons. The van der Waals surface area contributed by atoms with Crippen LogP contribution in [0.1, 0.15) is 5.56 Å². The molecular formula is C14H14BrNO3S. The molecule has 4 nitrogen and oxygen atoms in total. The number of hydrogen-bond acceptors (Lipinski definition) is 3. The van der Waals surface area contributed by atoms with Crippen LogP contribution in [0.4, 0.5) is 5.69 Å². The highest BCUT2D eigenvalue weighted by molar-refractivity contribution is 9.10. The summed E-state index contributed by atoms with van der Waals surface area (Å²) in [7, 11) is -3.61. The number of benzene rings is 2. The van der Waals surface area contributed by atoms with Gasteiger partial charge in [0.25, 0.3) is 10.0 Å². The van der Waals surface area contributed by atoms with Gasteiger partial charge in [-0.1, -0.05) is 24.3 Å². The minimum atomic E-state index is -3.61. The first-order valence-corrected chi connectivity index (χ1v) is 8.28. The number of rotatable bonds is 5. The van der Waals surface area contributed by atoms with E-state index in [4.69, 9.17) is 5.11 Å². The van der Waals surface area contributed by atoms with Gasteiger partial charge in [-0.3, -0.25) is 4.72 Å². The Hall–Kier alpha value is -1.37. The summed E-state index contributed by atoms with van der Waals surface area (Å²) in [6.07, 6.45) is 0.512. The Kier molecular flexibility index (Phi) is 4.80. The second kappa shape index (κ2) is 6.39.